The lowest BCUT2D eigenvalue weighted by atomic mass is 10.0. The maximum atomic E-state index is 5.57. The SMILES string of the molecule is C=C(C)COCCN1CCCNC(C(C)C)C1. The van der Waals surface area contributed by atoms with Crippen LogP contribution in [0.25, 0.3) is 0 Å². The van der Waals surface area contributed by atoms with Gasteiger partial charge in [-0.25, -0.2) is 0 Å². The third-order valence-corrected chi connectivity index (χ3v) is 3.22. The summed E-state index contributed by atoms with van der Waals surface area (Å²) >= 11 is 0. The van der Waals surface area contributed by atoms with Crippen LogP contribution in [0.4, 0.5) is 0 Å². The summed E-state index contributed by atoms with van der Waals surface area (Å²) in [5, 5.41) is 3.62. The first kappa shape index (κ1) is 14.7. The molecule has 0 aromatic carbocycles. The second kappa shape index (κ2) is 7.85. The first-order chi connectivity index (χ1) is 8.09. The van der Waals surface area contributed by atoms with Crippen LogP contribution in [0.15, 0.2) is 12.2 Å². The van der Waals surface area contributed by atoms with E-state index in [4.69, 9.17) is 4.74 Å². The number of hydrogen-bond acceptors (Lipinski definition) is 3. The molecule has 100 valence electrons. The van der Waals surface area contributed by atoms with Crippen LogP contribution >= 0.6 is 0 Å². The highest BCUT2D eigenvalue weighted by molar-refractivity contribution is 4.87. The Kier molecular flexibility index (Phi) is 6.78. The lowest BCUT2D eigenvalue weighted by Crippen LogP contribution is -2.42. The molecule has 0 amide bonds. The molecule has 0 saturated carbocycles. The van der Waals surface area contributed by atoms with E-state index in [1.807, 2.05) is 6.92 Å². The maximum Gasteiger partial charge on any atom is 0.0672 e. The predicted octanol–water partition coefficient (Wildman–Crippen LogP) is 1.90. The van der Waals surface area contributed by atoms with E-state index in [2.05, 4.69) is 30.6 Å². The predicted molar refractivity (Wildman–Crippen MR) is 73.3 cm³/mol. The molecular weight excluding hydrogens is 212 g/mol. The van der Waals surface area contributed by atoms with Gasteiger partial charge in [-0.1, -0.05) is 26.0 Å². The third-order valence-electron chi connectivity index (χ3n) is 3.22. The Bertz CT molecular complexity index is 228. The van der Waals surface area contributed by atoms with Gasteiger partial charge in [0.05, 0.1) is 13.2 Å². The highest BCUT2D eigenvalue weighted by atomic mass is 16.5. The van der Waals surface area contributed by atoms with Crippen molar-refractivity contribution in [3.05, 3.63) is 12.2 Å². The third kappa shape index (κ3) is 6.20. The minimum atomic E-state index is 0.624. The van der Waals surface area contributed by atoms with E-state index in [0.717, 1.165) is 31.8 Å². The van der Waals surface area contributed by atoms with Crippen LogP contribution < -0.4 is 5.32 Å². The van der Waals surface area contributed by atoms with Gasteiger partial charge in [0.25, 0.3) is 0 Å². The van der Waals surface area contributed by atoms with E-state index in [1.165, 1.54) is 13.0 Å². The number of hydrogen-bond donors (Lipinski definition) is 1. The van der Waals surface area contributed by atoms with Crippen LogP contribution in [0, 0.1) is 5.92 Å². The Morgan fingerprint density at radius 1 is 1.53 bits per heavy atom. The van der Waals surface area contributed by atoms with Crippen molar-refractivity contribution in [3.63, 3.8) is 0 Å². The van der Waals surface area contributed by atoms with Crippen molar-refractivity contribution in [2.45, 2.75) is 33.2 Å². The van der Waals surface area contributed by atoms with Crippen molar-refractivity contribution in [2.24, 2.45) is 5.92 Å². The van der Waals surface area contributed by atoms with E-state index in [0.29, 0.717) is 18.6 Å². The zero-order valence-electron chi connectivity index (χ0n) is 11.7. The van der Waals surface area contributed by atoms with Gasteiger partial charge in [-0.3, -0.25) is 4.90 Å². The Morgan fingerprint density at radius 2 is 2.29 bits per heavy atom. The van der Waals surface area contributed by atoms with Crippen LogP contribution in [0.2, 0.25) is 0 Å². The van der Waals surface area contributed by atoms with Gasteiger partial charge in [0, 0.05) is 19.1 Å². The second-order valence-corrected chi connectivity index (χ2v) is 5.47. The van der Waals surface area contributed by atoms with Gasteiger partial charge in [-0.2, -0.15) is 0 Å². The molecule has 1 rings (SSSR count). The van der Waals surface area contributed by atoms with Crippen LogP contribution in [-0.2, 0) is 4.74 Å². The second-order valence-electron chi connectivity index (χ2n) is 5.47. The van der Waals surface area contributed by atoms with Crippen molar-refractivity contribution < 1.29 is 4.74 Å². The maximum absolute atomic E-state index is 5.57. The minimum Gasteiger partial charge on any atom is -0.376 e. The number of ether oxygens (including phenoxy) is 1. The van der Waals surface area contributed by atoms with Gasteiger partial charge in [0.2, 0.25) is 0 Å². The van der Waals surface area contributed by atoms with Crippen molar-refractivity contribution in [1.82, 2.24) is 10.2 Å². The van der Waals surface area contributed by atoms with Gasteiger partial charge in [0.1, 0.15) is 0 Å². The van der Waals surface area contributed by atoms with Crippen molar-refractivity contribution >= 4 is 0 Å². The molecule has 3 heteroatoms. The zero-order valence-corrected chi connectivity index (χ0v) is 11.7. The average molecular weight is 240 g/mol. The molecule has 1 aliphatic rings. The fraction of sp³-hybridized carbons (Fsp3) is 0.857. The van der Waals surface area contributed by atoms with Gasteiger partial charge in [0.15, 0.2) is 0 Å². The number of nitrogens with one attached hydrogen (secondary N) is 1. The zero-order chi connectivity index (χ0) is 12.7. The first-order valence-electron chi connectivity index (χ1n) is 6.77. The Morgan fingerprint density at radius 3 is 2.94 bits per heavy atom. The van der Waals surface area contributed by atoms with Crippen LogP contribution in [0.1, 0.15) is 27.2 Å². The molecule has 1 unspecified atom stereocenters. The van der Waals surface area contributed by atoms with Gasteiger partial charge in [-0.15, -0.1) is 0 Å². The lowest BCUT2D eigenvalue weighted by Gasteiger charge is -2.26. The molecule has 3 nitrogen and oxygen atoms in total. The summed E-state index contributed by atoms with van der Waals surface area (Å²) in [6.07, 6.45) is 1.24. The van der Waals surface area contributed by atoms with E-state index >= 15 is 0 Å². The summed E-state index contributed by atoms with van der Waals surface area (Å²) < 4.78 is 5.57. The molecule has 17 heavy (non-hydrogen) atoms. The molecule has 1 N–H and O–H groups in total. The van der Waals surface area contributed by atoms with Crippen LogP contribution in [0.3, 0.4) is 0 Å². The molecule has 0 spiro atoms. The van der Waals surface area contributed by atoms with Crippen molar-refractivity contribution in [2.75, 3.05) is 39.4 Å². The van der Waals surface area contributed by atoms with E-state index < -0.39 is 0 Å². The highest BCUT2D eigenvalue weighted by Gasteiger charge is 2.19. The molecule has 0 aromatic rings. The highest BCUT2D eigenvalue weighted by Crippen LogP contribution is 2.08. The van der Waals surface area contributed by atoms with E-state index in [9.17, 15) is 0 Å². The molecule has 1 aliphatic heterocycles. The molecule has 0 aromatic heterocycles. The Hall–Kier alpha value is -0.380. The Balaban J connectivity index is 2.24. The standard InChI is InChI=1S/C14H28N2O/c1-12(2)11-17-9-8-16-7-5-6-15-14(10-16)13(3)4/h13-15H,1,5-11H2,2-4H3. The van der Waals surface area contributed by atoms with Crippen LogP contribution in [-0.4, -0.2) is 50.3 Å². The van der Waals surface area contributed by atoms with E-state index in [-0.39, 0.29) is 0 Å². The summed E-state index contributed by atoms with van der Waals surface area (Å²) in [5.41, 5.74) is 1.10. The summed E-state index contributed by atoms with van der Waals surface area (Å²) in [7, 11) is 0. The molecule has 0 bridgehead atoms. The minimum absolute atomic E-state index is 0.624. The summed E-state index contributed by atoms with van der Waals surface area (Å²) in [6.45, 7) is 16.5. The Labute approximate surface area is 106 Å². The quantitative estimate of drug-likeness (QED) is 0.567. The lowest BCUT2D eigenvalue weighted by molar-refractivity contribution is 0.116. The average Bonchev–Trinajstić information content (AvgIpc) is 2.49. The normalized spacial score (nSPS) is 22.7. The summed E-state index contributed by atoms with van der Waals surface area (Å²) in [5.74, 6) is 0.701. The molecule has 0 aliphatic carbocycles. The fourth-order valence-corrected chi connectivity index (χ4v) is 2.11. The largest absolute Gasteiger partial charge is 0.376 e. The number of nitrogens with zero attached hydrogens (tertiary/aromatic N) is 1. The summed E-state index contributed by atoms with van der Waals surface area (Å²) in [4.78, 5) is 2.52. The molecular formula is C14H28N2O. The van der Waals surface area contributed by atoms with Gasteiger partial charge in [-0.05, 0) is 32.4 Å². The van der Waals surface area contributed by atoms with Crippen molar-refractivity contribution in [3.8, 4) is 0 Å². The van der Waals surface area contributed by atoms with Gasteiger partial charge < -0.3 is 10.1 Å². The summed E-state index contributed by atoms with van der Waals surface area (Å²) in [6, 6.07) is 0.624. The molecule has 0 radical (unpaired) electrons. The molecule has 1 fully saturated rings. The van der Waals surface area contributed by atoms with Gasteiger partial charge >= 0.3 is 0 Å². The molecule has 1 atom stereocenters. The number of rotatable bonds is 6. The monoisotopic (exact) mass is 240 g/mol. The van der Waals surface area contributed by atoms with Crippen LogP contribution in [0.5, 0.6) is 0 Å². The van der Waals surface area contributed by atoms with Crippen molar-refractivity contribution in [1.29, 1.82) is 0 Å². The topological polar surface area (TPSA) is 24.5 Å². The first-order valence-corrected chi connectivity index (χ1v) is 6.77. The molecule has 1 heterocycles. The van der Waals surface area contributed by atoms with E-state index in [1.54, 1.807) is 0 Å². The smallest absolute Gasteiger partial charge is 0.0672 e. The fourth-order valence-electron chi connectivity index (χ4n) is 2.11. The molecule has 1 saturated heterocycles.